The Morgan fingerprint density at radius 1 is 1.00 bits per heavy atom. The molecule has 0 bridgehead atoms. The minimum Gasteiger partial charge on any atom is -0.490 e. The predicted molar refractivity (Wildman–Crippen MR) is 96.7 cm³/mol. The maximum Gasteiger partial charge on any atom is 0.251 e. The van der Waals surface area contributed by atoms with Gasteiger partial charge in [0.05, 0.1) is 12.6 Å². The summed E-state index contributed by atoms with van der Waals surface area (Å²) < 4.78 is 18.7. The summed E-state index contributed by atoms with van der Waals surface area (Å²) in [5, 5.41) is 5.21. The molecule has 1 saturated carbocycles. The zero-order chi connectivity index (χ0) is 18.4. The quantitative estimate of drug-likeness (QED) is 0.832. The first-order chi connectivity index (χ1) is 12.6. The highest BCUT2D eigenvalue weighted by Gasteiger charge is 2.16. The molecule has 26 heavy (non-hydrogen) atoms. The first kappa shape index (κ1) is 17.9. The van der Waals surface area contributed by atoms with Gasteiger partial charge in [-0.05, 0) is 74.2 Å². The van der Waals surface area contributed by atoms with Crippen molar-refractivity contribution in [1.82, 2.24) is 5.32 Å². The molecule has 1 fully saturated rings. The summed E-state index contributed by atoms with van der Waals surface area (Å²) in [6.45, 7) is -0.170. The van der Waals surface area contributed by atoms with E-state index in [4.69, 9.17) is 4.74 Å². The summed E-state index contributed by atoms with van der Waals surface area (Å²) in [5.74, 6) is -0.399. The molecule has 0 heterocycles. The second-order valence-corrected chi connectivity index (χ2v) is 6.29. The van der Waals surface area contributed by atoms with Crippen LogP contribution in [0.5, 0.6) is 5.75 Å². The molecule has 3 rings (SSSR count). The van der Waals surface area contributed by atoms with Gasteiger partial charge in [0, 0.05) is 11.3 Å². The monoisotopic (exact) mass is 356 g/mol. The third kappa shape index (κ3) is 5.05. The van der Waals surface area contributed by atoms with E-state index >= 15 is 0 Å². The summed E-state index contributed by atoms with van der Waals surface area (Å²) in [4.78, 5) is 23.8. The average Bonchev–Trinajstić information content (AvgIpc) is 3.15. The Kier molecular flexibility index (Phi) is 5.84. The maximum absolute atomic E-state index is 12.8. The van der Waals surface area contributed by atoms with Crippen LogP contribution in [0, 0.1) is 5.82 Å². The number of anilines is 1. The normalized spacial score (nSPS) is 14.0. The lowest BCUT2D eigenvalue weighted by Gasteiger charge is -2.13. The zero-order valence-electron chi connectivity index (χ0n) is 14.3. The van der Waals surface area contributed by atoms with Crippen LogP contribution in [-0.4, -0.2) is 24.5 Å². The van der Waals surface area contributed by atoms with Gasteiger partial charge in [0.1, 0.15) is 11.6 Å². The molecule has 1 aliphatic rings. The first-order valence-corrected chi connectivity index (χ1v) is 8.70. The van der Waals surface area contributed by atoms with E-state index in [2.05, 4.69) is 10.6 Å². The molecule has 0 aromatic heterocycles. The second kappa shape index (κ2) is 8.47. The smallest absolute Gasteiger partial charge is 0.251 e. The molecule has 2 aromatic rings. The van der Waals surface area contributed by atoms with Gasteiger partial charge in [-0.2, -0.15) is 0 Å². The highest BCUT2D eigenvalue weighted by Crippen LogP contribution is 2.24. The molecule has 2 aromatic carbocycles. The van der Waals surface area contributed by atoms with E-state index in [1.165, 1.54) is 37.1 Å². The van der Waals surface area contributed by atoms with Crippen LogP contribution in [-0.2, 0) is 4.79 Å². The topological polar surface area (TPSA) is 67.4 Å². The lowest BCUT2D eigenvalue weighted by atomic mass is 10.2. The molecule has 2 amide bonds. The van der Waals surface area contributed by atoms with Crippen molar-refractivity contribution in [1.29, 1.82) is 0 Å². The Hall–Kier alpha value is -2.89. The molecular weight excluding hydrogens is 335 g/mol. The van der Waals surface area contributed by atoms with Crippen LogP contribution in [0.1, 0.15) is 36.0 Å². The van der Waals surface area contributed by atoms with E-state index in [0.29, 0.717) is 11.3 Å². The van der Waals surface area contributed by atoms with E-state index in [-0.39, 0.29) is 18.6 Å². The number of benzene rings is 2. The van der Waals surface area contributed by atoms with Gasteiger partial charge in [-0.25, -0.2) is 4.39 Å². The van der Waals surface area contributed by atoms with Crippen molar-refractivity contribution in [2.24, 2.45) is 0 Å². The molecule has 0 spiro atoms. The minimum absolute atomic E-state index is 0.170. The lowest BCUT2D eigenvalue weighted by Crippen LogP contribution is -2.32. The van der Waals surface area contributed by atoms with Crippen LogP contribution in [0.2, 0.25) is 0 Å². The molecule has 5 nitrogen and oxygen atoms in total. The highest BCUT2D eigenvalue weighted by molar-refractivity contribution is 5.99. The second-order valence-electron chi connectivity index (χ2n) is 6.29. The predicted octanol–water partition coefficient (Wildman–Crippen LogP) is 3.52. The van der Waals surface area contributed by atoms with Crippen molar-refractivity contribution in [2.45, 2.75) is 31.8 Å². The fourth-order valence-electron chi connectivity index (χ4n) is 2.88. The van der Waals surface area contributed by atoms with Crippen molar-refractivity contribution < 1.29 is 18.7 Å². The Morgan fingerprint density at radius 3 is 2.31 bits per heavy atom. The van der Waals surface area contributed by atoms with Gasteiger partial charge in [0.25, 0.3) is 5.91 Å². The van der Waals surface area contributed by atoms with E-state index < -0.39 is 11.7 Å². The van der Waals surface area contributed by atoms with Gasteiger partial charge < -0.3 is 15.4 Å². The maximum atomic E-state index is 12.8. The average molecular weight is 356 g/mol. The van der Waals surface area contributed by atoms with E-state index in [1.807, 2.05) is 12.1 Å². The molecule has 0 aliphatic heterocycles. The first-order valence-electron chi connectivity index (χ1n) is 8.70. The van der Waals surface area contributed by atoms with Crippen molar-refractivity contribution in [3.63, 3.8) is 0 Å². The van der Waals surface area contributed by atoms with E-state index in [1.54, 1.807) is 12.1 Å². The van der Waals surface area contributed by atoms with Crippen LogP contribution in [0.3, 0.4) is 0 Å². The number of rotatable bonds is 6. The lowest BCUT2D eigenvalue weighted by molar-refractivity contribution is -0.115. The summed E-state index contributed by atoms with van der Waals surface area (Å²) in [5.41, 5.74) is 0.928. The molecule has 6 heteroatoms. The number of nitrogens with one attached hydrogen (secondary N) is 2. The van der Waals surface area contributed by atoms with Crippen LogP contribution in [0.15, 0.2) is 48.5 Å². The molecule has 1 aliphatic carbocycles. The number of halogens is 1. The fourth-order valence-corrected chi connectivity index (χ4v) is 2.88. The molecular formula is C20H21FN2O3. The van der Waals surface area contributed by atoms with Crippen molar-refractivity contribution in [3.8, 4) is 5.75 Å². The number of carbonyl (C=O) groups is 2. The van der Waals surface area contributed by atoms with Gasteiger partial charge >= 0.3 is 0 Å². The van der Waals surface area contributed by atoms with Crippen LogP contribution in [0.25, 0.3) is 0 Å². The third-order valence-corrected chi connectivity index (χ3v) is 4.26. The highest BCUT2D eigenvalue weighted by atomic mass is 19.1. The standard InChI is InChI=1S/C20H21FN2O3/c21-15-7-5-14(6-8-15)20(25)22-13-19(24)23-16-9-11-18(12-10-16)26-17-3-1-2-4-17/h5-12,17H,1-4,13H2,(H,22,25)(H,23,24). The van der Waals surface area contributed by atoms with Crippen LogP contribution < -0.4 is 15.4 Å². The third-order valence-electron chi connectivity index (χ3n) is 4.26. The van der Waals surface area contributed by atoms with E-state index in [0.717, 1.165) is 18.6 Å². The molecule has 2 N–H and O–H groups in total. The van der Waals surface area contributed by atoms with Gasteiger partial charge in [-0.3, -0.25) is 9.59 Å². The van der Waals surface area contributed by atoms with E-state index in [9.17, 15) is 14.0 Å². The summed E-state index contributed by atoms with van der Waals surface area (Å²) in [6.07, 6.45) is 4.89. The van der Waals surface area contributed by atoms with Gasteiger partial charge in [-0.1, -0.05) is 0 Å². The number of ether oxygens (including phenoxy) is 1. The Bertz CT molecular complexity index is 754. The molecule has 0 atom stereocenters. The number of amides is 2. The molecule has 0 saturated heterocycles. The van der Waals surface area contributed by atoms with Crippen molar-refractivity contribution >= 4 is 17.5 Å². The number of hydrogen-bond acceptors (Lipinski definition) is 3. The van der Waals surface area contributed by atoms with Gasteiger partial charge in [0.15, 0.2) is 0 Å². The molecule has 0 unspecified atom stereocenters. The Morgan fingerprint density at radius 2 is 1.65 bits per heavy atom. The van der Waals surface area contributed by atoms with Crippen molar-refractivity contribution in [2.75, 3.05) is 11.9 Å². The Labute approximate surface area is 151 Å². The number of carbonyl (C=O) groups excluding carboxylic acids is 2. The zero-order valence-corrected chi connectivity index (χ0v) is 14.3. The van der Waals surface area contributed by atoms with Crippen LogP contribution in [0.4, 0.5) is 10.1 Å². The summed E-state index contributed by atoms with van der Waals surface area (Å²) >= 11 is 0. The summed E-state index contributed by atoms with van der Waals surface area (Å²) in [6, 6.07) is 12.3. The minimum atomic E-state index is -0.430. The molecule has 136 valence electrons. The fraction of sp³-hybridized carbons (Fsp3) is 0.300. The summed E-state index contributed by atoms with van der Waals surface area (Å²) in [7, 11) is 0. The number of hydrogen-bond donors (Lipinski definition) is 2. The van der Waals surface area contributed by atoms with Gasteiger partial charge in [-0.15, -0.1) is 0 Å². The van der Waals surface area contributed by atoms with Crippen molar-refractivity contribution in [3.05, 3.63) is 59.9 Å². The molecule has 0 radical (unpaired) electrons. The SMILES string of the molecule is O=C(CNC(=O)c1ccc(F)cc1)Nc1ccc(OC2CCCC2)cc1. The Balaban J connectivity index is 1.45. The van der Waals surface area contributed by atoms with Crippen LogP contribution >= 0.6 is 0 Å². The van der Waals surface area contributed by atoms with Gasteiger partial charge in [0.2, 0.25) is 5.91 Å². The largest absolute Gasteiger partial charge is 0.490 e.